The minimum absolute atomic E-state index is 0.598. The fraction of sp³-hybridized carbons (Fsp3) is 0.190. The van der Waals surface area contributed by atoms with Gasteiger partial charge in [0.25, 0.3) is 0 Å². The number of pyridine rings is 1. The van der Waals surface area contributed by atoms with Crippen LogP contribution >= 0.6 is 11.3 Å². The molecule has 1 fully saturated rings. The van der Waals surface area contributed by atoms with Crippen molar-refractivity contribution < 1.29 is 0 Å². The number of hydrogen-bond donors (Lipinski definition) is 1. The summed E-state index contributed by atoms with van der Waals surface area (Å²) in [5.41, 5.74) is 6.49. The molecule has 0 amide bonds. The lowest BCUT2D eigenvalue weighted by atomic mass is 10.1. The van der Waals surface area contributed by atoms with E-state index in [0.29, 0.717) is 5.92 Å². The molecule has 1 N–H and O–H groups in total. The van der Waals surface area contributed by atoms with Gasteiger partial charge in [-0.25, -0.2) is 9.50 Å². The van der Waals surface area contributed by atoms with Crippen LogP contribution in [0.4, 0.5) is 5.82 Å². The van der Waals surface area contributed by atoms with Crippen molar-refractivity contribution >= 4 is 22.8 Å². The third-order valence-electron chi connectivity index (χ3n) is 5.53. The average Bonchev–Trinajstić information content (AvgIpc) is 3.50. The van der Waals surface area contributed by atoms with Gasteiger partial charge in [-0.1, -0.05) is 0 Å². The SMILES string of the molecule is C1=C2CN(c3ccc4nc(-c5ccsc5)c(-c5ccncc5)n4n3)CC2CN1. The quantitative estimate of drug-likeness (QED) is 0.584. The van der Waals surface area contributed by atoms with Crippen molar-refractivity contribution in [2.75, 3.05) is 24.5 Å². The lowest BCUT2D eigenvalue weighted by Crippen LogP contribution is -2.24. The maximum absolute atomic E-state index is 5.01. The molecule has 0 aliphatic carbocycles. The van der Waals surface area contributed by atoms with Crippen molar-refractivity contribution in [1.29, 1.82) is 0 Å². The first-order valence-corrected chi connectivity index (χ1v) is 10.3. The molecule has 6 nitrogen and oxygen atoms in total. The molecule has 1 saturated heterocycles. The fourth-order valence-electron chi connectivity index (χ4n) is 4.12. The Bertz CT molecular complexity index is 1180. The fourth-order valence-corrected chi connectivity index (χ4v) is 4.77. The number of imidazole rings is 1. The summed E-state index contributed by atoms with van der Waals surface area (Å²) < 4.78 is 1.98. The van der Waals surface area contributed by atoms with E-state index in [-0.39, 0.29) is 0 Å². The summed E-state index contributed by atoms with van der Waals surface area (Å²) >= 11 is 1.68. The maximum Gasteiger partial charge on any atom is 0.155 e. The number of rotatable bonds is 3. The summed E-state index contributed by atoms with van der Waals surface area (Å²) in [5.74, 6) is 1.59. The molecule has 1 unspecified atom stereocenters. The van der Waals surface area contributed by atoms with Gasteiger partial charge in [0.1, 0.15) is 11.5 Å². The van der Waals surface area contributed by atoms with E-state index in [9.17, 15) is 0 Å². The molecule has 6 rings (SSSR count). The molecular weight excluding hydrogens is 368 g/mol. The van der Waals surface area contributed by atoms with Gasteiger partial charge in [-0.2, -0.15) is 11.3 Å². The van der Waals surface area contributed by atoms with Crippen LogP contribution in [0.2, 0.25) is 0 Å². The Morgan fingerprint density at radius 3 is 2.82 bits per heavy atom. The molecule has 4 aromatic heterocycles. The number of aromatic nitrogens is 4. The Balaban J connectivity index is 1.52. The molecule has 0 radical (unpaired) electrons. The Morgan fingerprint density at radius 1 is 1.07 bits per heavy atom. The smallest absolute Gasteiger partial charge is 0.155 e. The first-order chi connectivity index (χ1) is 13.9. The summed E-state index contributed by atoms with van der Waals surface area (Å²) in [6, 6.07) is 10.3. The Hall–Kier alpha value is -3.19. The molecule has 1 atom stereocenters. The molecule has 6 heterocycles. The lowest BCUT2D eigenvalue weighted by molar-refractivity contribution is 0.673. The van der Waals surface area contributed by atoms with Gasteiger partial charge in [0.15, 0.2) is 5.65 Å². The van der Waals surface area contributed by atoms with E-state index in [1.807, 2.05) is 29.0 Å². The topological polar surface area (TPSA) is 58.4 Å². The van der Waals surface area contributed by atoms with E-state index in [2.05, 4.69) is 50.4 Å². The van der Waals surface area contributed by atoms with Crippen molar-refractivity contribution in [3.63, 3.8) is 0 Å². The van der Waals surface area contributed by atoms with Crippen LogP contribution in [0.5, 0.6) is 0 Å². The predicted molar refractivity (Wildman–Crippen MR) is 111 cm³/mol. The van der Waals surface area contributed by atoms with E-state index in [4.69, 9.17) is 10.1 Å². The highest BCUT2D eigenvalue weighted by atomic mass is 32.1. The largest absolute Gasteiger partial charge is 0.390 e. The van der Waals surface area contributed by atoms with Gasteiger partial charge < -0.3 is 10.2 Å². The molecular formula is C21H18N6S. The molecule has 28 heavy (non-hydrogen) atoms. The van der Waals surface area contributed by atoms with E-state index in [0.717, 1.165) is 53.6 Å². The van der Waals surface area contributed by atoms with Crippen molar-refractivity contribution in [3.05, 3.63) is 65.3 Å². The van der Waals surface area contributed by atoms with Crippen LogP contribution < -0.4 is 10.2 Å². The van der Waals surface area contributed by atoms with Crippen molar-refractivity contribution in [1.82, 2.24) is 24.9 Å². The molecule has 2 aliphatic rings. The third-order valence-corrected chi connectivity index (χ3v) is 6.21. The third kappa shape index (κ3) is 2.43. The minimum atomic E-state index is 0.598. The van der Waals surface area contributed by atoms with Crippen LogP contribution in [-0.2, 0) is 0 Å². The summed E-state index contributed by atoms with van der Waals surface area (Å²) in [6.07, 6.45) is 5.80. The molecule has 0 aromatic carbocycles. The van der Waals surface area contributed by atoms with Gasteiger partial charge in [-0.05, 0) is 47.5 Å². The first kappa shape index (κ1) is 15.8. The summed E-state index contributed by atoms with van der Waals surface area (Å²) in [5, 5.41) is 12.6. The van der Waals surface area contributed by atoms with Gasteiger partial charge in [-0.15, -0.1) is 5.10 Å². The molecule has 4 aromatic rings. The zero-order chi connectivity index (χ0) is 18.5. The van der Waals surface area contributed by atoms with Crippen molar-refractivity contribution in [2.45, 2.75) is 0 Å². The highest BCUT2D eigenvalue weighted by molar-refractivity contribution is 7.08. The van der Waals surface area contributed by atoms with E-state index < -0.39 is 0 Å². The highest BCUT2D eigenvalue weighted by Crippen LogP contribution is 2.34. The molecule has 0 bridgehead atoms. The van der Waals surface area contributed by atoms with Crippen LogP contribution in [0.1, 0.15) is 0 Å². The molecule has 7 heteroatoms. The molecule has 0 saturated carbocycles. The predicted octanol–water partition coefficient (Wildman–Crippen LogP) is 3.44. The van der Waals surface area contributed by atoms with Gasteiger partial charge >= 0.3 is 0 Å². The zero-order valence-corrected chi connectivity index (χ0v) is 15.9. The Morgan fingerprint density at radius 2 is 2.00 bits per heavy atom. The van der Waals surface area contributed by atoms with Crippen molar-refractivity contribution in [2.24, 2.45) is 5.92 Å². The average molecular weight is 386 g/mol. The number of fused-ring (bicyclic) bond motifs is 2. The van der Waals surface area contributed by atoms with E-state index in [1.54, 1.807) is 11.3 Å². The summed E-state index contributed by atoms with van der Waals surface area (Å²) in [6.45, 7) is 2.98. The van der Waals surface area contributed by atoms with Crippen LogP contribution in [0.15, 0.2) is 65.3 Å². The number of thiophene rings is 1. The van der Waals surface area contributed by atoms with Crippen LogP contribution in [-0.4, -0.2) is 39.2 Å². The standard InChI is InChI=1S/C21H18N6S/c1-2-19(26-11-16-9-23-10-17(16)12-26)25-27-18(1)24-20(15-5-8-28-13-15)21(27)14-3-6-22-7-4-14/h1-9,13,17,23H,10-12H2. The maximum atomic E-state index is 5.01. The number of hydrogen-bond acceptors (Lipinski definition) is 6. The number of nitrogens with one attached hydrogen (secondary N) is 1. The minimum Gasteiger partial charge on any atom is -0.390 e. The first-order valence-electron chi connectivity index (χ1n) is 9.37. The molecule has 2 aliphatic heterocycles. The number of nitrogens with zero attached hydrogens (tertiary/aromatic N) is 5. The summed E-state index contributed by atoms with van der Waals surface area (Å²) in [7, 11) is 0. The zero-order valence-electron chi connectivity index (χ0n) is 15.1. The van der Waals surface area contributed by atoms with Crippen LogP contribution in [0.25, 0.3) is 28.2 Å². The Kier molecular flexibility index (Phi) is 3.49. The second-order valence-corrected chi connectivity index (χ2v) is 8.00. The Labute approximate surface area is 166 Å². The van der Waals surface area contributed by atoms with Gasteiger partial charge in [0.2, 0.25) is 0 Å². The normalized spacial score (nSPS) is 18.4. The van der Waals surface area contributed by atoms with Crippen LogP contribution in [0, 0.1) is 5.92 Å². The van der Waals surface area contributed by atoms with Gasteiger partial charge in [0, 0.05) is 54.5 Å². The highest BCUT2D eigenvalue weighted by Gasteiger charge is 2.31. The summed E-state index contributed by atoms with van der Waals surface area (Å²) in [4.78, 5) is 11.4. The molecule has 138 valence electrons. The van der Waals surface area contributed by atoms with Gasteiger partial charge in [-0.3, -0.25) is 4.98 Å². The second kappa shape index (κ2) is 6.17. The van der Waals surface area contributed by atoms with Crippen molar-refractivity contribution in [3.8, 4) is 22.5 Å². The number of anilines is 1. The van der Waals surface area contributed by atoms with E-state index in [1.165, 1.54) is 5.57 Å². The van der Waals surface area contributed by atoms with Gasteiger partial charge in [0.05, 0.1) is 5.69 Å². The monoisotopic (exact) mass is 386 g/mol. The van der Waals surface area contributed by atoms with E-state index >= 15 is 0 Å². The molecule has 0 spiro atoms. The lowest BCUT2D eigenvalue weighted by Gasteiger charge is -2.17. The second-order valence-electron chi connectivity index (χ2n) is 7.22. The van der Waals surface area contributed by atoms with Crippen LogP contribution in [0.3, 0.4) is 0 Å².